The number of amides is 1. The molecule has 5 nitrogen and oxygen atoms in total. The van der Waals surface area contributed by atoms with Gasteiger partial charge in [0.2, 0.25) is 0 Å². The first kappa shape index (κ1) is 17.4. The van der Waals surface area contributed by atoms with Crippen molar-refractivity contribution in [1.29, 1.82) is 0 Å². The van der Waals surface area contributed by atoms with E-state index in [9.17, 15) is 4.79 Å². The molecule has 0 aliphatic carbocycles. The van der Waals surface area contributed by atoms with Gasteiger partial charge in [-0.15, -0.1) is 0 Å². The van der Waals surface area contributed by atoms with Crippen molar-refractivity contribution in [3.8, 4) is 5.75 Å². The third kappa shape index (κ3) is 5.66. The first-order valence-electron chi connectivity index (χ1n) is 8.34. The van der Waals surface area contributed by atoms with Crippen molar-refractivity contribution in [2.45, 2.75) is 52.2 Å². The standard InChI is InChI=1S/C18H28N2O3/c1-5-22-16-8-6-14(7-9-16)19-15-10-12-20(13-11-15)17(21)23-18(2,3)4/h6-9,15,19H,5,10-13H2,1-4H3. The molecule has 1 amide bonds. The van der Waals surface area contributed by atoms with Gasteiger partial charge in [0.15, 0.2) is 0 Å². The number of nitrogens with zero attached hydrogens (tertiary/aromatic N) is 1. The zero-order valence-electron chi connectivity index (χ0n) is 14.6. The minimum absolute atomic E-state index is 0.211. The fourth-order valence-corrected chi connectivity index (χ4v) is 2.58. The summed E-state index contributed by atoms with van der Waals surface area (Å²) in [6, 6.07) is 8.39. The van der Waals surface area contributed by atoms with Crippen LogP contribution in [0.2, 0.25) is 0 Å². The van der Waals surface area contributed by atoms with Crippen LogP contribution in [0.4, 0.5) is 10.5 Å². The second-order valence-corrected chi connectivity index (χ2v) is 6.84. The SMILES string of the molecule is CCOc1ccc(NC2CCN(C(=O)OC(C)(C)C)CC2)cc1. The van der Waals surface area contributed by atoms with Crippen molar-refractivity contribution in [3.05, 3.63) is 24.3 Å². The third-order valence-electron chi connectivity index (χ3n) is 3.68. The lowest BCUT2D eigenvalue weighted by Gasteiger charge is -2.34. The molecule has 128 valence electrons. The maximum atomic E-state index is 12.0. The molecule has 0 aromatic heterocycles. The number of piperidine rings is 1. The lowest BCUT2D eigenvalue weighted by Crippen LogP contribution is -2.44. The van der Waals surface area contributed by atoms with E-state index in [1.807, 2.05) is 52.0 Å². The topological polar surface area (TPSA) is 50.8 Å². The molecule has 1 N–H and O–H groups in total. The van der Waals surface area contributed by atoms with Crippen LogP contribution in [0.3, 0.4) is 0 Å². The summed E-state index contributed by atoms with van der Waals surface area (Å²) in [5.41, 5.74) is 0.651. The summed E-state index contributed by atoms with van der Waals surface area (Å²) < 4.78 is 10.9. The molecule has 2 rings (SSSR count). The number of carbonyl (C=O) groups excluding carboxylic acids is 1. The summed E-state index contributed by atoms with van der Waals surface area (Å²) in [5, 5.41) is 3.52. The highest BCUT2D eigenvalue weighted by molar-refractivity contribution is 5.68. The summed E-state index contributed by atoms with van der Waals surface area (Å²) in [6.45, 7) is 9.79. The maximum Gasteiger partial charge on any atom is 0.410 e. The Balaban J connectivity index is 1.79. The van der Waals surface area contributed by atoms with Gasteiger partial charge >= 0.3 is 6.09 Å². The number of ether oxygens (including phenoxy) is 2. The van der Waals surface area contributed by atoms with Gasteiger partial charge in [-0.1, -0.05) is 0 Å². The van der Waals surface area contributed by atoms with E-state index < -0.39 is 5.60 Å². The van der Waals surface area contributed by atoms with Gasteiger partial charge in [0.05, 0.1) is 6.61 Å². The minimum Gasteiger partial charge on any atom is -0.494 e. The van der Waals surface area contributed by atoms with Gasteiger partial charge in [-0.05, 0) is 64.8 Å². The maximum absolute atomic E-state index is 12.0. The molecule has 1 aliphatic heterocycles. The molecular formula is C18H28N2O3. The summed E-state index contributed by atoms with van der Waals surface area (Å²) in [7, 11) is 0. The lowest BCUT2D eigenvalue weighted by molar-refractivity contribution is 0.0210. The number of carbonyl (C=O) groups is 1. The van der Waals surface area contributed by atoms with Crippen LogP contribution in [0.1, 0.15) is 40.5 Å². The molecule has 0 atom stereocenters. The molecule has 23 heavy (non-hydrogen) atoms. The van der Waals surface area contributed by atoms with Crippen LogP contribution in [0.5, 0.6) is 5.75 Å². The van der Waals surface area contributed by atoms with Crippen molar-refractivity contribution in [2.75, 3.05) is 25.0 Å². The third-order valence-corrected chi connectivity index (χ3v) is 3.68. The molecule has 0 saturated carbocycles. The Bertz CT molecular complexity index is 500. The number of benzene rings is 1. The van der Waals surface area contributed by atoms with E-state index in [1.165, 1.54) is 0 Å². The first-order valence-corrected chi connectivity index (χ1v) is 8.34. The zero-order valence-corrected chi connectivity index (χ0v) is 14.6. The summed E-state index contributed by atoms with van der Waals surface area (Å²) >= 11 is 0. The molecule has 1 heterocycles. The monoisotopic (exact) mass is 320 g/mol. The van der Waals surface area contributed by atoms with Crippen LogP contribution >= 0.6 is 0 Å². The Labute approximate surface area is 139 Å². The molecule has 1 aromatic carbocycles. The van der Waals surface area contributed by atoms with Crippen LogP contribution in [-0.2, 0) is 4.74 Å². The van der Waals surface area contributed by atoms with Crippen molar-refractivity contribution >= 4 is 11.8 Å². The number of likely N-dealkylation sites (tertiary alicyclic amines) is 1. The van der Waals surface area contributed by atoms with Crippen LogP contribution in [0.15, 0.2) is 24.3 Å². The molecule has 0 bridgehead atoms. The molecule has 1 aromatic rings. The average molecular weight is 320 g/mol. The number of hydrogen-bond donors (Lipinski definition) is 1. The molecule has 1 saturated heterocycles. The van der Waals surface area contributed by atoms with Gasteiger partial charge in [-0.3, -0.25) is 0 Å². The first-order chi connectivity index (χ1) is 10.9. The number of anilines is 1. The Morgan fingerprint density at radius 3 is 2.35 bits per heavy atom. The van der Waals surface area contributed by atoms with Crippen LogP contribution < -0.4 is 10.1 Å². The predicted molar refractivity (Wildman–Crippen MR) is 92.1 cm³/mol. The molecule has 0 spiro atoms. The number of nitrogens with one attached hydrogen (secondary N) is 1. The summed E-state index contributed by atoms with van der Waals surface area (Å²) in [6.07, 6.45) is 1.64. The fraction of sp³-hybridized carbons (Fsp3) is 0.611. The predicted octanol–water partition coefficient (Wildman–Crippen LogP) is 3.90. The Hall–Kier alpha value is -1.91. The second kappa shape index (κ2) is 7.57. The molecule has 1 fully saturated rings. The highest BCUT2D eigenvalue weighted by Gasteiger charge is 2.26. The molecule has 0 unspecified atom stereocenters. The highest BCUT2D eigenvalue weighted by atomic mass is 16.6. The lowest BCUT2D eigenvalue weighted by atomic mass is 10.0. The largest absolute Gasteiger partial charge is 0.494 e. The molecular weight excluding hydrogens is 292 g/mol. The Kier molecular flexibility index (Phi) is 5.74. The zero-order chi connectivity index (χ0) is 16.9. The number of rotatable bonds is 4. The second-order valence-electron chi connectivity index (χ2n) is 6.84. The van der Waals surface area contributed by atoms with E-state index in [1.54, 1.807) is 4.90 Å². The Morgan fingerprint density at radius 2 is 1.83 bits per heavy atom. The van der Waals surface area contributed by atoms with Gasteiger partial charge in [0, 0.05) is 24.8 Å². The van der Waals surface area contributed by atoms with E-state index in [0.29, 0.717) is 12.6 Å². The molecule has 1 aliphatic rings. The van der Waals surface area contributed by atoms with E-state index in [4.69, 9.17) is 9.47 Å². The van der Waals surface area contributed by atoms with Crippen molar-refractivity contribution < 1.29 is 14.3 Å². The minimum atomic E-state index is -0.436. The fourth-order valence-electron chi connectivity index (χ4n) is 2.58. The van der Waals surface area contributed by atoms with E-state index in [2.05, 4.69) is 5.32 Å². The van der Waals surface area contributed by atoms with Crippen LogP contribution in [0, 0.1) is 0 Å². The van der Waals surface area contributed by atoms with Crippen LogP contribution in [-0.4, -0.2) is 42.3 Å². The van der Waals surface area contributed by atoms with E-state index >= 15 is 0 Å². The van der Waals surface area contributed by atoms with Crippen molar-refractivity contribution in [3.63, 3.8) is 0 Å². The van der Waals surface area contributed by atoms with E-state index in [-0.39, 0.29) is 6.09 Å². The van der Waals surface area contributed by atoms with Gasteiger partial charge in [0.25, 0.3) is 0 Å². The smallest absolute Gasteiger partial charge is 0.410 e. The molecule has 5 heteroatoms. The molecule has 0 radical (unpaired) electrons. The van der Waals surface area contributed by atoms with Crippen molar-refractivity contribution in [1.82, 2.24) is 4.90 Å². The van der Waals surface area contributed by atoms with Gasteiger partial charge in [0.1, 0.15) is 11.4 Å². The van der Waals surface area contributed by atoms with Gasteiger partial charge in [-0.25, -0.2) is 4.79 Å². The highest BCUT2D eigenvalue weighted by Crippen LogP contribution is 2.21. The number of hydrogen-bond acceptors (Lipinski definition) is 4. The van der Waals surface area contributed by atoms with Crippen molar-refractivity contribution in [2.24, 2.45) is 0 Å². The van der Waals surface area contributed by atoms with E-state index in [0.717, 1.165) is 37.4 Å². The quantitative estimate of drug-likeness (QED) is 0.914. The van der Waals surface area contributed by atoms with Crippen LogP contribution in [0.25, 0.3) is 0 Å². The van der Waals surface area contributed by atoms with Gasteiger partial charge < -0.3 is 19.7 Å². The average Bonchev–Trinajstić information content (AvgIpc) is 2.48. The van der Waals surface area contributed by atoms with Gasteiger partial charge in [-0.2, -0.15) is 0 Å². The summed E-state index contributed by atoms with van der Waals surface area (Å²) in [5.74, 6) is 0.887. The normalized spacial score (nSPS) is 16.1. The Morgan fingerprint density at radius 1 is 1.22 bits per heavy atom. The summed E-state index contributed by atoms with van der Waals surface area (Å²) in [4.78, 5) is 13.8.